The van der Waals surface area contributed by atoms with Crippen LogP contribution in [-0.2, 0) is 14.4 Å². The van der Waals surface area contributed by atoms with Gasteiger partial charge in [0.05, 0.1) is 19.0 Å². The van der Waals surface area contributed by atoms with E-state index >= 15 is 0 Å². The molecule has 1 aliphatic rings. The Hall–Kier alpha value is -1.67. The van der Waals surface area contributed by atoms with Gasteiger partial charge in [-0.1, -0.05) is 25.7 Å². The monoisotopic (exact) mass is 356 g/mol. The van der Waals surface area contributed by atoms with Crippen LogP contribution < -0.4 is 5.43 Å². The van der Waals surface area contributed by atoms with Crippen LogP contribution in [0.5, 0.6) is 0 Å². The largest absolute Gasteiger partial charge is 0.348 e. The first-order valence-electron chi connectivity index (χ1n) is 8.92. The molecule has 1 fully saturated rings. The molecule has 0 aliphatic heterocycles. The Morgan fingerprint density at radius 1 is 1.24 bits per heavy atom. The van der Waals surface area contributed by atoms with Crippen molar-refractivity contribution in [1.82, 2.24) is 20.4 Å². The number of hydroxylamine groups is 2. The number of likely N-dealkylation sites (N-methyl/N-ethyl adjacent to an activating group) is 1. The lowest BCUT2D eigenvalue weighted by Gasteiger charge is -2.30. The average molecular weight is 356 g/mol. The van der Waals surface area contributed by atoms with Gasteiger partial charge in [0, 0.05) is 20.1 Å². The summed E-state index contributed by atoms with van der Waals surface area (Å²) in [5.41, 5.74) is 2.80. The van der Waals surface area contributed by atoms with Crippen molar-refractivity contribution in [3.05, 3.63) is 0 Å². The van der Waals surface area contributed by atoms with Crippen LogP contribution in [0.2, 0.25) is 0 Å². The van der Waals surface area contributed by atoms with Gasteiger partial charge < -0.3 is 4.90 Å². The van der Waals surface area contributed by atoms with Crippen LogP contribution >= 0.6 is 0 Å². The van der Waals surface area contributed by atoms with Gasteiger partial charge in [0.1, 0.15) is 0 Å². The van der Waals surface area contributed by atoms with E-state index in [0.717, 1.165) is 25.7 Å². The first-order chi connectivity index (χ1) is 11.7. The van der Waals surface area contributed by atoms with E-state index < -0.39 is 5.92 Å². The molecule has 1 atom stereocenters. The zero-order chi connectivity index (χ0) is 19.0. The minimum Gasteiger partial charge on any atom is -0.348 e. The van der Waals surface area contributed by atoms with Gasteiger partial charge in [-0.2, -0.15) is 0 Å². The maximum atomic E-state index is 12.7. The maximum absolute atomic E-state index is 12.7. The van der Waals surface area contributed by atoms with E-state index in [1.54, 1.807) is 19.1 Å². The van der Waals surface area contributed by atoms with Gasteiger partial charge >= 0.3 is 0 Å². The average Bonchev–Trinajstić information content (AvgIpc) is 3.05. The lowest BCUT2D eigenvalue weighted by atomic mass is 9.92. The number of nitrogens with one attached hydrogen (secondary N) is 1. The van der Waals surface area contributed by atoms with Gasteiger partial charge in [0.25, 0.3) is 0 Å². The van der Waals surface area contributed by atoms with Crippen LogP contribution in [0.3, 0.4) is 0 Å². The molecule has 144 valence electrons. The molecule has 1 aliphatic carbocycles. The molecule has 0 heterocycles. The molecule has 1 saturated carbocycles. The summed E-state index contributed by atoms with van der Waals surface area (Å²) in [6.07, 6.45) is 5.40. The van der Waals surface area contributed by atoms with Crippen LogP contribution in [-0.4, -0.2) is 71.6 Å². The molecule has 0 saturated heterocycles. The summed E-state index contributed by atoms with van der Waals surface area (Å²) in [4.78, 5) is 36.9. The van der Waals surface area contributed by atoms with Crippen molar-refractivity contribution in [3.63, 3.8) is 0 Å². The fourth-order valence-electron chi connectivity index (χ4n) is 3.05. The summed E-state index contributed by atoms with van der Waals surface area (Å²) in [6, 6.07) is -0.0590. The molecule has 25 heavy (non-hydrogen) atoms. The number of carbonyl (C=O) groups is 3. The topological polar surface area (TPSA) is 93.2 Å². The van der Waals surface area contributed by atoms with Gasteiger partial charge in [-0.25, -0.2) is 10.1 Å². The van der Waals surface area contributed by atoms with Crippen LogP contribution in [0.25, 0.3) is 0 Å². The molecular weight excluding hydrogens is 324 g/mol. The van der Waals surface area contributed by atoms with Crippen molar-refractivity contribution >= 4 is 18.2 Å². The Morgan fingerprint density at radius 2 is 1.84 bits per heavy atom. The molecule has 0 aromatic carbocycles. The second-order valence-electron chi connectivity index (χ2n) is 7.30. The number of hydrazine groups is 1. The Bertz CT molecular complexity index is 450. The van der Waals surface area contributed by atoms with Crippen molar-refractivity contribution in [2.45, 2.75) is 52.0 Å². The van der Waals surface area contributed by atoms with Crippen molar-refractivity contribution in [2.24, 2.45) is 11.8 Å². The number of carbonyl (C=O) groups excluding carboxylic acids is 3. The molecule has 0 aromatic heterocycles. The molecule has 1 rings (SSSR count). The summed E-state index contributed by atoms with van der Waals surface area (Å²) in [6.45, 7) is 3.81. The summed E-state index contributed by atoms with van der Waals surface area (Å²) < 4.78 is 0. The molecule has 8 nitrogen and oxygen atoms in total. The fraction of sp³-hybridized carbons (Fsp3) is 0.824. The minimum absolute atomic E-state index is 0.0423. The zero-order valence-electron chi connectivity index (χ0n) is 15.8. The smallest absolute Gasteiger partial charge is 0.239 e. The highest BCUT2D eigenvalue weighted by Crippen LogP contribution is 2.30. The maximum Gasteiger partial charge on any atom is 0.239 e. The first-order valence-corrected chi connectivity index (χ1v) is 8.92. The second kappa shape index (κ2) is 10.4. The van der Waals surface area contributed by atoms with Crippen LogP contribution in [0, 0.1) is 11.8 Å². The van der Waals surface area contributed by atoms with E-state index in [9.17, 15) is 19.6 Å². The Balaban J connectivity index is 2.74. The fourth-order valence-corrected chi connectivity index (χ4v) is 3.05. The zero-order valence-corrected chi connectivity index (χ0v) is 15.8. The highest BCUT2D eigenvalue weighted by atomic mass is 16.5. The summed E-state index contributed by atoms with van der Waals surface area (Å²) in [5.74, 6) is -0.452. The van der Waals surface area contributed by atoms with Gasteiger partial charge in [0.15, 0.2) is 0 Å². The van der Waals surface area contributed by atoms with E-state index in [0.29, 0.717) is 23.8 Å². The SMILES string of the molecule is CC(C)N(CC(=O)N(C)C)NC(=O)[C@H](CC1CCCC1)CN(O)C=O. The quantitative estimate of drug-likeness (QED) is 0.344. The summed E-state index contributed by atoms with van der Waals surface area (Å²) in [7, 11) is 3.33. The van der Waals surface area contributed by atoms with Gasteiger partial charge in [-0.3, -0.25) is 25.0 Å². The predicted molar refractivity (Wildman–Crippen MR) is 93.3 cm³/mol. The standard InChI is InChI=1S/C17H32N4O4/c1-13(2)21(11-16(23)19(3)4)18-17(24)15(10-20(25)12-22)9-14-7-5-6-8-14/h12-15,25H,5-11H2,1-4H3,(H,18,24)/t15-/m1/s1. The summed E-state index contributed by atoms with van der Waals surface area (Å²) >= 11 is 0. The number of nitrogens with zero attached hydrogens (tertiary/aromatic N) is 3. The Kier molecular flexibility index (Phi) is 8.85. The molecular formula is C17H32N4O4. The van der Waals surface area contributed by atoms with Crippen LogP contribution in [0.15, 0.2) is 0 Å². The number of hydrogen-bond donors (Lipinski definition) is 2. The van der Waals surface area contributed by atoms with Gasteiger partial charge in [-0.15, -0.1) is 0 Å². The normalized spacial score (nSPS) is 16.1. The van der Waals surface area contributed by atoms with E-state index in [4.69, 9.17) is 0 Å². The molecule has 0 radical (unpaired) electrons. The lowest BCUT2D eigenvalue weighted by molar-refractivity contribution is -0.156. The number of hydrogen-bond acceptors (Lipinski definition) is 5. The predicted octanol–water partition coefficient (Wildman–Crippen LogP) is 0.860. The third-order valence-corrected chi connectivity index (χ3v) is 4.67. The van der Waals surface area contributed by atoms with Crippen molar-refractivity contribution in [3.8, 4) is 0 Å². The molecule has 0 bridgehead atoms. The lowest BCUT2D eigenvalue weighted by Crippen LogP contribution is -2.53. The third-order valence-electron chi connectivity index (χ3n) is 4.67. The van der Waals surface area contributed by atoms with E-state index in [1.807, 2.05) is 13.8 Å². The number of rotatable bonds is 10. The minimum atomic E-state index is -0.506. The molecule has 0 unspecified atom stereocenters. The van der Waals surface area contributed by atoms with Gasteiger partial charge in [0.2, 0.25) is 18.2 Å². The van der Waals surface area contributed by atoms with E-state index in [1.165, 1.54) is 4.90 Å². The van der Waals surface area contributed by atoms with Crippen molar-refractivity contribution in [2.75, 3.05) is 27.2 Å². The third kappa shape index (κ3) is 7.39. The molecule has 2 N–H and O–H groups in total. The van der Waals surface area contributed by atoms with Crippen molar-refractivity contribution in [1.29, 1.82) is 0 Å². The van der Waals surface area contributed by atoms with Gasteiger partial charge in [-0.05, 0) is 26.2 Å². The highest BCUT2D eigenvalue weighted by molar-refractivity contribution is 5.80. The second-order valence-corrected chi connectivity index (χ2v) is 7.30. The Morgan fingerprint density at radius 3 is 2.32 bits per heavy atom. The van der Waals surface area contributed by atoms with Crippen molar-refractivity contribution < 1.29 is 19.6 Å². The molecule has 3 amide bonds. The Labute approximate surface area is 150 Å². The summed E-state index contributed by atoms with van der Waals surface area (Å²) in [5, 5.41) is 11.6. The van der Waals surface area contributed by atoms with E-state index in [-0.39, 0.29) is 30.9 Å². The van der Waals surface area contributed by atoms with Crippen LogP contribution in [0.4, 0.5) is 0 Å². The first kappa shape index (κ1) is 21.4. The highest BCUT2D eigenvalue weighted by Gasteiger charge is 2.28. The molecule has 0 aromatic rings. The van der Waals surface area contributed by atoms with Crippen LogP contribution in [0.1, 0.15) is 46.0 Å². The molecule has 0 spiro atoms. The number of amides is 3. The molecule has 8 heteroatoms. The van der Waals surface area contributed by atoms with E-state index in [2.05, 4.69) is 5.43 Å².